The normalized spacial score (nSPS) is 11.1. The molecule has 0 radical (unpaired) electrons. The number of methoxy groups -OCH3 is 1. The van der Waals surface area contributed by atoms with Crippen molar-refractivity contribution in [3.8, 4) is 23.0 Å². The maximum atomic E-state index is 12.8. The van der Waals surface area contributed by atoms with Crippen molar-refractivity contribution < 1.29 is 13.9 Å². The summed E-state index contributed by atoms with van der Waals surface area (Å²) in [6.07, 6.45) is 0. The Labute approximate surface area is 190 Å². The van der Waals surface area contributed by atoms with E-state index < -0.39 is 0 Å². The Bertz CT molecular complexity index is 1310. The van der Waals surface area contributed by atoms with Crippen LogP contribution in [0.2, 0.25) is 0 Å². The summed E-state index contributed by atoms with van der Waals surface area (Å²) in [6.45, 7) is 6.87. The maximum absolute atomic E-state index is 12.8. The second-order valence-electron chi connectivity index (χ2n) is 7.07. The Balaban J connectivity index is 1.61. The number of ether oxygens (including phenoxy) is 2. The minimum absolute atomic E-state index is 0.0281. The van der Waals surface area contributed by atoms with Crippen LogP contribution < -0.4 is 15.0 Å². The molecule has 0 aliphatic carbocycles. The molecule has 0 spiro atoms. The summed E-state index contributed by atoms with van der Waals surface area (Å²) in [5.74, 6) is 3.08. The first kappa shape index (κ1) is 22.0. The predicted octanol–water partition coefficient (Wildman–Crippen LogP) is 5.08. The third-order valence-electron chi connectivity index (χ3n) is 5.08. The van der Waals surface area contributed by atoms with E-state index in [1.54, 1.807) is 11.7 Å². The van der Waals surface area contributed by atoms with Gasteiger partial charge in [-0.25, -0.2) is 9.97 Å². The van der Waals surface area contributed by atoms with E-state index >= 15 is 0 Å². The zero-order valence-electron chi connectivity index (χ0n) is 18.5. The van der Waals surface area contributed by atoms with Crippen LogP contribution in [0.1, 0.15) is 25.3 Å². The summed E-state index contributed by atoms with van der Waals surface area (Å²) in [7, 11) is 1.61. The number of para-hydroxylation sites is 1. The highest BCUT2D eigenvalue weighted by atomic mass is 32.2. The molecule has 2 heterocycles. The molecular formula is C24H25N3O4S. The monoisotopic (exact) mass is 451 g/mol. The van der Waals surface area contributed by atoms with Gasteiger partial charge in [0.1, 0.15) is 5.76 Å². The summed E-state index contributed by atoms with van der Waals surface area (Å²) in [5, 5.41) is 1.30. The Morgan fingerprint density at radius 1 is 1.09 bits per heavy atom. The summed E-state index contributed by atoms with van der Waals surface area (Å²) in [4.78, 5) is 22.2. The van der Waals surface area contributed by atoms with Crippen molar-refractivity contribution in [1.82, 2.24) is 14.5 Å². The fourth-order valence-electron chi connectivity index (χ4n) is 3.43. The molecule has 0 bridgehead atoms. The van der Waals surface area contributed by atoms with Gasteiger partial charge in [0, 0.05) is 17.9 Å². The van der Waals surface area contributed by atoms with Crippen LogP contribution in [0.5, 0.6) is 11.5 Å². The van der Waals surface area contributed by atoms with Crippen LogP contribution in [0.25, 0.3) is 22.4 Å². The van der Waals surface area contributed by atoms with E-state index in [0.29, 0.717) is 52.4 Å². The minimum atomic E-state index is -0.0281. The molecule has 4 rings (SSSR count). The lowest BCUT2D eigenvalue weighted by Crippen LogP contribution is -2.22. The lowest BCUT2D eigenvalue weighted by molar-refractivity contribution is 0.311. The summed E-state index contributed by atoms with van der Waals surface area (Å²) < 4.78 is 18.6. The van der Waals surface area contributed by atoms with Crippen molar-refractivity contribution in [2.45, 2.75) is 38.2 Å². The van der Waals surface area contributed by atoms with E-state index in [0.717, 1.165) is 17.0 Å². The molecule has 7 nitrogen and oxygen atoms in total. The lowest BCUT2D eigenvalue weighted by Gasteiger charge is -2.10. The highest BCUT2D eigenvalue weighted by Crippen LogP contribution is 2.33. The summed E-state index contributed by atoms with van der Waals surface area (Å²) >= 11 is 1.48. The van der Waals surface area contributed by atoms with E-state index in [1.807, 2.05) is 63.2 Å². The number of hydrogen-bond donors (Lipinski definition) is 0. The Hall–Kier alpha value is -3.26. The summed E-state index contributed by atoms with van der Waals surface area (Å²) in [5.41, 5.74) is 2.28. The Morgan fingerprint density at radius 2 is 1.91 bits per heavy atom. The highest BCUT2D eigenvalue weighted by Gasteiger charge is 2.16. The second-order valence-corrected chi connectivity index (χ2v) is 8.01. The van der Waals surface area contributed by atoms with Crippen LogP contribution >= 0.6 is 11.8 Å². The van der Waals surface area contributed by atoms with Gasteiger partial charge in [-0.05, 0) is 51.1 Å². The lowest BCUT2D eigenvalue weighted by atomic mass is 10.2. The number of hydrogen-bond acceptors (Lipinski definition) is 7. The molecule has 2 aromatic carbocycles. The van der Waals surface area contributed by atoms with Gasteiger partial charge in [-0.1, -0.05) is 23.9 Å². The number of nitrogens with zero attached hydrogens (tertiary/aromatic N) is 3. The molecule has 166 valence electrons. The van der Waals surface area contributed by atoms with Crippen LogP contribution in [-0.4, -0.2) is 28.3 Å². The van der Waals surface area contributed by atoms with Gasteiger partial charge in [0.15, 0.2) is 16.7 Å². The largest absolute Gasteiger partial charge is 0.493 e. The second kappa shape index (κ2) is 9.48. The molecule has 0 atom stereocenters. The van der Waals surface area contributed by atoms with Crippen LogP contribution in [0.4, 0.5) is 0 Å². The van der Waals surface area contributed by atoms with Gasteiger partial charge < -0.3 is 13.9 Å². The maximum Gasteiger partial charge on any atom is 0.262 e. The molecule has 0 fully saturated rings. The molecule has 32 heavy (non-hydrogen) atoms. The number of oxazole rings is 1. The molecule has 0 unspecified atom stereocenters. The van der Waals surface area contributed by atoms with Crippen molar-refractivity contribution >= 4 is 22.7 Å². The minimum Gasteiger partial charge on any atom is -0.493 e. The SMILES string of the molecule is CCOc1ccc(-c2nc(CSc3nc4ccccc4c(=O)n3CC)c(C)o2)cc1OC. The highest BCUT2D eigenvalue weighted by molar-refractivity contribution is 7.98. The number of benzene rings is 2. The first-order valence-corrected chi connectivity index (χ1v) is 11.4. The van der Waals surface area contributed by atoms with Gasteiger partial charge in [-0.2, -0.15) is 0 Å². The molecule has 0 amide bonds. The number of aryl methyl sites for hydroxylation is 1. The molecule has 0 aliphatic heterocycles. The molecule has 0 N–H and O–H groups in total. The number of fused-ring (bicyclic) bond motifs is 1. The molecule has 0 saturated heterocycles. The van der Waals surface area contributed by atoms with Gasteiger partial charge >= 0.3 is 0 Å². The third-order valence-corrected chi connectivity index (χ3v) is 6.07. The van der Waals surface area contributed by atoms with Gasteiger partial charge in [0.2, 0.25) is 5.89 Å². The van der Waals surface area contributed by atoms with Gasteiger partial charge in [0.25, 0.3) is 5.56 Å². The quantitative estimate of drug-likeness (QED) is 0.273. The van der Waals surface area contributed by atoms with Crippen LogP contribution in [0.15, 0.2) is 56.8 Å². The number of rotatable bonds is 8. The van der Waals surface area contributed by atoms with Crippen LogP contribution in [0.3, 0.4) is 0 Å². The number of thioether (sulfide) groups is 1. The predicted molar refractivity (Wildman–Crippen MR) is 126 cm³/mol. The van der Waals surface area contributed by atoms with Gasteiger partial charge in [-0.3, -0.25) is 9.36 Å². The topological polar surface area (TPSA) is 79.4 Å². The van der Waals surface area contributed by atoms with Crippen LogP contribution in [0, 0.1) is 6.92 Å². The van der Waals surface area contributed by atoms with Crippen molar-refractivity contribution in [2.75, 3.05) is 13.7 Å². The van der Waals surface area contributed by atoms with Crippen LogP contribution in [-0.2, 0) is 12.3 Å². The third kappa shape index (κ3) is 4.23. The van der Waals surface area contributed by atoms with E-state index in [2.05, 4.69) is 4.98 Å². The number of aromatic nitrogens is 3. The zero-order chi connectivity index (χ0) is 22.7. The molecule has 0 saturated carbocycles. The molecule has 2 aromatic heterocycles. The van der Waals surface area contributed by atoms with E-state index in [4.69, 9.17) is 18.9 Å². The molecular weight excluding hydrogens is 426 g/mol. The fourth-order valence-corrected chi connectivity index (χ4v) is 4.49. The van der Waals surface area contributed by atoms with Crippen molar-refractivity contribution in [3.63, 3.8) is 0 Å². The Kier molecular flexibility index (Phi) is 6.50. The summed E-state index contributed by atoms with van der Waals surface area (Å²) in [6, 6.07) is 13.0. The van der Waals surface area contributed by atoms with E-state index in [1.165, 1.54) is 11.8 Å². The average molecular weight is 452 g/mol. The van der Waals surface area contributed by atoms with Gasteiger partial charge in [0.05, 0.1) is 30.3 Å². The smallest absolute Gasteiger partial charge is 0.262 e. The first-order valence-electron chi connectivity index (χ1n) is 10.5. The standard InChI is InChI=1S/C24H25N3O4S/c1-5-27-23(28)17-9-7-8-10-18(17)26-24(27)32-14-19-15(3)31-22(25-19)16-11-12-20(30-6-2)21(13-16)29-4/h7-13H,5-6,14H2,1-4H3. The zero-order valence-corrected chi connectivity index (χ0v) is 19.4. The van der Waals surface area contributed by atoms with E-state index in [-0.39, 0.29) is 5.56 Å². The van der Waals surface area contributed by atoms with Crippen molar-refractivity contribution in [1.29, 1.82) is 0 Å². The molecule has 0 aliphatic rings. The fraction of sp³-hybridized carbons (Fsp3) is 0.292. The van der Waals surface area contributed by atoms with Gasteiger partial charge in [-0.15, -0.1) is 0 Å². The average Bonchev–Trinajstić information content (AvgIpc) is 3.18. The Morgan fingerprint density at radius 3 is 2.66 bits per heavy atom. The molecule has 4 aromatic rings. The van der Waals surface area contributed by atoms with Crippen molar-refractivity contribution in [2.24, 2.45) is 0 Å². The van der Waals surface area contributed by atoms with E-state index in [9.17, 15) is 4.79 Å². The first-order chi connectivity index (χ1) is 15.5. The molecule has 8 heteroatoms. The van der Waals surface area contributed by atoms with Crippen molar-refractivity contribution in [3.05, 3.63) is 64.3 Å².